The number of hydrogen-bond acceptors (Lipinski definition) is 4. The van der Waals surface area contributed by atoms with Crippen LogP contribution in [0.25, 0.3) is 0 Å². The van der Waals surface area contributed by atoms with Gasteiger partial charge in [-0.3, -0.25) is 9.59 Å². The number of aliphatic carboxylic acids is 1. The Labute approximate surface area is 256 Å². The molecule has 0 saturated carbocycles. The summed E-state index contributed by atoms with van der Waals surface area (Å²) < 4.78 is 78.7. The number of alkyl halides is 6. The van der Waals surface area contributed by atoms with Gasteiger partial charge in [-0.25, -0.2) is 4.79 Å². The number of carboxylic acid groups (broad SMARTS) is 1. The van der Waals surface area contributed by atoms with E-state index in [1.54, 1.807) is 29.2 Å². The Balaban J connectivity index is 0.000000469. The number of halogens is 7. The first-order valence-electron chi connectivity index (χ1n) is 13.5. The van der Waals surface area contributed by atoms with Crippen LogP contribution in [0, 0.1) is 0 Å². The molecule has 0 aliphatic carbocycles. The number of urea groups is 1. The lowest BCUT2D eigenvalue weighted by Gasteiger charge is -2.34. The molecular formula is C29H35ClF6N4O4. The van der Waals surface area contributed by atoms with Crippen LogP contribution < -0.4 is 5.73 Å². The van der Waals surface area contributed by atoms with Crippen molar-refractivity contribution in [1.82, 2.24) is 14.7 Å². The quantitative estimate of drug-likeness (QED) is 0.340. The summed E-state index contributed by atoms with van der Waals surface area (Å²) in [5, 5.41) is 9.42. The van der Waals surface area contributed by atoms with Crippen molar-refractivity contribution in [2.24, 2.45) is 5.73 Å². The van der Waals surface area contributed by atoms with E-state index in [0.29, 0.717) is 28.8 Å². The fourth-order valence-corrected chi connectivity index (χ4v) is 4.79. The predicted molar refractivity (Wildman–Crippen MR) is 152 cm³/mol. The molecule has 1 heterocycles. The summed E-state index contributed by atoms with van der Waals surface area (Å²) in [7, 11) is 5.35. The minimum atomic E-state index is -5.10. The summed E-state index contributed by atoms with van der Waals surface area (Å²) in [6.07, 6.45) is -8.41. The van der Waals surface area contributed by atoms with Gasteiger partial charge in [0.05, 0.1) is 11.1 Å². The summed E-state index contributed by atoms with van der Waals surface area (Å²) in [4.78, 5) is 39.5. The van der Waals surface area contributed by atoms with Crippen LogP contribution in [0.5, 0.6) is 0 Å². The molecule has 1 aliphatic heterocycles. The molecule has 1 atom stereocenters. The number of piperidine rings is 1. The SMILES string of the molecule is CN(C(=O)c1cc(C(F)(F)F)cc(C(F)(F)F)c1)C(CCC(=O)O)Cc1ccc(Cl)cc1.CN(C)C1CCN(C(N)=O)CC1. The molecule has 1 aliphatic rings. The van der Waals surface area contributed by atoms with E-state index in [2.05, 4.69) is 19.0 Å². The van der Waals surface area contributed by atoms with E-state index >= 15 is 0 Å². The Kier molecular flexibility index (Phi) is 12.9. The van der Waals surface area contributed by atoms with E-state index < -0.39 is 47.0 Å². The maximum Gasteiger partial charge on any atom is 0.416 e. The van der Waals surface area contributed by atoms with Crippen molar-refractivity contribution >= 4 is 29.5 Å². The molecule has 15 heteroatoms. The normalized spacial score (nSPS) is 14.9. The number of carbonyl (C=O) groups excluding carboxylic acids is 2. The largest absolute Gasteiger partial charge is 0.481 e. The number of likely N-dealkylation sites (tertiary alicyclic amines) is 1. The summed E-state index contributed by atoms with van der Waals surface area (Å²) in [5.41, 5.74) is 1.80. The molecule has 3 amide bonds. The third kappa shape index (κ3) is 11.2. The van der Waals surface area contributed by atoms with Crippen molar-refractivity contribution < 1.29 is 45.8 Å². The second kappa shape index (κ2) is 15.5. The number of nitrogens with zero attached hydrogens (tertiary/aromatic N) is 3. The van der Waals surface area contributed by atoms with Gasteiger partial charge in [0.2, 0.25) is 0 Å². The second-order valence-corrected chi connectivity index (χ2v) is 11.1. The molecule has 3 N–H and O–H groups in total. The highest BCUT2D eigenvalue weighted by atomic mass is 35.5. The van der Waals surface area contributed by atoms with Gasteiger partial charge in [0.1, 0.15) is 0 Å². The fourth-order valence-electron chi connectivity index (χ4n) is 4.67. The minimum Gasteiger partial charge on any atom is -0.481 e. The molecule has 1 saturated heterocycles. The predicted octanol–water partition coefficient (Wildman–Crippen LogP) is 6.02. The van der Waals surface area contributed by atoms with Crippen LogP contribution in [0.1, 0.15) is 52.7 Å². The number of nitrogens with two attached hydrogens (primary N) is 1. The smallest absolute Gasteiger partial charge is 0.416 e. The Morgan fingerprint density at radius 3 is 1.86 bits per heavy atom. The number of carbonyl (C=O) groups is 3. The second-order valence-electron chi connectivity index (χ2n) is 10.6. The molecule has 0 aromatic heterocycles. The number of rotatable bonds is 8. The summed E-state index contributed by atoms with van der Waals surface area (Å²) >= 11 is 5.82. The number of carboxylic acids is 1. The molecule has 0 bridgehead atoms. The van der Waals surface area contributed by atoms with Crippen molar-refractivity contribution in [2.75, 3.05) is 34.2 Å². The number of hydrogen-bond donors (Lipinski definition) is 2. The Morgan fingerprint density at radius 1 is 0.955 bits per heavy atom. The monoisotopic (exact) mass is 652 g/mol. The molecule has 0 radical (unpaired) electrons. The molecule has 2 aromatic rings. The van der Waals surface area contributed by atoms with Crippen molar-refractivity contribution in [3.63, 3.8) is 0 Å². The van der Waals surface area contributed by atoms with Crippen molar-refractivity contribution in [1.29, 1.82) is 0 Å². The van der Waals surface area contributed by atoms with E-state index in [1.165, 1.54) is 7.05 Å². The molecule has 44 heavy (non-hydrogen) atoms. The van der Waals surface area contributed by atoms with Crippen molar-refractivity contribution in [3.8, 4) is 0 Å². The highest BCUT2D eigenvalue weighted by Crippen LogP contribution is 2.36. The van der Waals surface area contributed by atoms with Gasteiger partial charge in [-0.15, -0.1) is 0 Å². The highest BCUT2D eigenvalue weighted by Gasteiger charge is 2.38. The van der Waals surface area contributed by atoms with Crippen LogP contribution in [0.3, 0.4) is 0 Å². The van der Waals surface area contributed by atoms with Crippen molar-refractivity contribution in [2.45, 2.75) is 56.5 Å². The first-order chi connectivity index (χ1) is 20.3. The number of primary amides is 1. The van der Waals surface area contributed by atoms with E-state index in [-0.39, 0.29) is 31.4 Å². The van der Waals surface area contributed by atoms with E-state index in [0.717, 1.165) is 30.8 Å². The maximum atomic E-state index is 13.1. The molecule has 8 nitrogen and oxygen atoms in total. The highest BCUT2D eigenvalue weighted by molar-refractivity contribution is 6.30. The standard InChI is InChI=1S/C21H18ClF6NO3.C8H17N3O/c1-29(17(6-7-18(30)31)8-12-2-4-16(22)5-3-12)19(32)13-9-14(20(23,24)25)11-15(10-13)21(26,27)28;1-10(2)7-3-5-11(6-4-7)8(9)12/h2-5,9-11,17H,6-8H2,1H3,(H,30,31);7H,3-6H2,1-2H3,(H2,9,12). The molecule has 1 fully saturated rings. The fraction of sp³-hybridized carbons (Fsp3) is 0.483. The first-order valence-corrected chi connectivity index (χ1v) is 13.9. The average Bonchev–Trinajstić information content (AvgIpc) is 2.94. The van der Waals surface area contributed by atoms with Gasteiger partial charge in [-0.05, 0) is 75.7 Å². The van der Waals surface area contributed by atoms with Gasteiger partial charge < -0.3 is 25.5 Å². The Bertz CT molecular complexity index is 1250. The Morgan fingerprint density at radius 2 is 1.45 bits per heavy atom. The molecule has 0 spiro atoms. The molecular weight excluding hydrogens is 618 g/mol. The van der Waals surface area contributed by atoms with Gasteiger partial charge in [-0.2, -0.15) is 26.3 Å². The number of amides is 3. The zero-order valence-corrected chi connectivity index (χ0v) is 25.1. The summed E-state index contributed by atoms with van der Waals surface area (Å²) in [5.74, 6) is -2.25. The third-order valence-corrected chi connectivity index (χ3v) is 7.54. The van der Waals surface area contributed by atoms with E-state index in [1.807, 2.05) is 0 Å². The summed E-state index contributed by atoms with van der Waals surface area (Å²) in [6.45, 7) is 1.61. The van der Waals surface area contributed by atoms with E-state index in [9.17, 15) is 40.7 Å². The maximum absolute atomic E-state index is 13.1. The van der Waals surface area contributed by atoms with Gasteiger partial charge in [0, 0.05) is 49.2 Å². The van der Waals surface area contributed by atoms with Crippen LogP contribution >= 0.6 is 11.6 Å². The Hall–Kier alpha value is -3.52. The van der Waals surface area contributed by atoms with Gasteiger partial charge >= 0.3 is 24.4 Å². The number of benzene rings is 2. The van der Waals surface area contributed by atoms with Crippen LogP contribution in [0.2, 0.25) is 5.02 Å². The lowest BCUT2D eigenvalue weighted by atomic mass is 9.98. The molecule has 3 rings (SSSR count). The van der Waals surface area contributed by atoms with E-state index in [4.69, 9.17) is 22.4 Å². The van der Waals surface area contributed by atoms with Crippen LogP contribution in [0.15, 0.2) is 42.5 Å². The number of likely N-dealkylation sites (N-methyl/N-ethyl adjacent to an activating group) is 1. The molecule has 1 unspecified atom stereocenters. The van der Waals surface area contributed by atoms with Crippen LogP contribution in [-0.2, 0) is 23.6 Å². The molecule has 244 valence electrons. The van der Waals surface area contributed by atoms with Gasteiger partial charge in [-0.1, -0.05) is 23.7 Å². The van der Waals surface area contributed by atoms with Crippen molar-refractivity contribution in [3.05, 3.63) is 69.7 Å². The lowest BCUT2D eigenvalue weighted by molar-refractivity contribution is -0.143. The van der Waals surface area contributed by atoms with Crippen LogP contribution in [-0.4, -0.2) is 84.0 Å². The average molecular weight is 653 g/mol. The molecule has 2 aromatic carbocycles. The first kappa shape index (κ1) is 36.7. The lowest BCUT2D eigenvalue weighted by Crippen LogP contribution is -2.46. The zero-order chi connectivity index (χ0) is 33.4. The zero-order valence-electron chi connectivity index (χ0n) is 24.4. The topological polar surface area (TPSA) is 107 Å². The minimum absolute atomic E-state index is 0.0631. The summed E-state index contributed by atoms with van der Waals surface area (Å²) in [6, 6.07) is 6.55. The van der Waals surface area contributed by atoms with Gasteiger partial charge in [0.15, 0.2) is 0 Å². The van der Waals surface area contributed by atoms with Crippen LogP contribution in [0.4, 0.5) is 31.1 Å². The third-order valence-electron chi connectivity index (χ3n) is 7.29. The van der Waals surface area contributed by atoms with Gasteiger partial charge in [0.25, 0.3) is 5.91 Å².